The summed E-state index contributed by atoms with van der Waals surface area (Å²) in [6.45, 7) is 9.71. The lowest BCUT2D eigenvalue weighted by Gasteiger charge is -2.14. The number of fused-ring (bicyclic) bond motifs is 1. The van der Waals surface area contributed by atoms with Gasteiger partial charge in [0.15, 0.2) is 5.82 Å². The van der Waals surface area contributed by atoms with Crippen molar-refractivity contribution >= 4 is 28.7 Å². The Morgan fingerprint density at radius 2 is 1.54 bits per heavy atom. The minimum atomic E-state index is -0.477. The number of aryl methyl sites for hydroxylation is 1. The van der Waals surface area contributed by atoms with Crippen LogP contribution in [-0.4, -0.2) is 50.8 Å². The third kappa shape index (κ3) is 4.41. The van der Waals surface area contributed by atoms with Gasteiger partial charge in [0.25, 0.3) is 0 Å². The topological polar surface area (TPSA) is 108 Å². The lowest BCUT2D eigenvalue weighted by molar-refractivity contribution is 0.208. The van der Waals surface area contributed by atoms with Crippen molar-refractivity contribution in [3.63, 3.8) is 0 Å². The Labute approximate surface area is 142 Å². The maximum atomic E-state index is 9.47. The predicted octanol–water partition coefficient (Wildman–Crippen LogP) is 2.03. The number of hydrogen-bond donors (Lipinski definition) is 4. The van der Waals surface area contributed by atoms with Crippen molar-refractivity contribution in [3.8, 4) is 0 Å². The van der Waals surface area contributed by atoms with E-state index in [2.05, 4.69) is 42.8 Å². The van der Waals surface area contributed by atoms with Gasteiger partial charge in [-0.1, -0.05) is 13.3 Å². The summed E-state index contributed by atoms with van der Waals surface area (Å²) in [5.41, 5.74) is 2.37. The normalized spacial score (nSPS) is 12.2. The van der Waals surface area contributed by atoms with Crippen LogP contribution in [0, 0.1) is 0 Å². The van der Waals surface area contributed by atoms with Crippen LogP contribution in [0.25, 0.3) is 11.0 Å². The molecule has 0 aromatic carbocycles. The predicted molar refractivity (Wildman–Crippen MR) is 97.6 cm³/mol. The quantitative estimate of drug-likeness (QED) is 0.552. The molecular weight excluding hydrogens is 306 g/mol. The van der Waals surface area contributed by atoms with Crippen molar-refractivity contribution < 1.29 is 5.11 Å². The molecule has 2 aromatic heterocycles. The second-order valence-corrected chi connectivity index (χ2v) is 5.63. The number of nitrogens with one attached hydrogen (secondary N) is 3. The van der Waals surface area contributed by atoms with Gasteiger partial charge in [-0.25, -0.2) is 15.0 Å². The minimum Gasteiger partial charge on any atom is -0.392 e. The number of aliphatic hydroxyl groups is 1. The molecule has 0 aliphatic rings. The summed E-state index contributed by atoms with van der Waals surface area (Å²) in [6, 6.07) is 0. The van der Waals surface area contributed by atoms with E-state index in [-0.39, 0.29) is 0 Å². The summed E-state index contributed by atoms with van der Waals surface area (Å²) >= 11 is 0. The van der Waals surface area contributed by atoms with Gasteiger partial charge >= 0.3 is 0 Å². The van der Waals surface area contributed by atoms with Crippen LogP contribution < -0.4 is 16.0 Å². The lowest BCUT2D eigenvalue weighted by atomic mass is 10.2. The Bertz CT molecular complexity index is 675. The Hall–Kier alpha value is -2.22. The Morgan fingerprint density at radius 1 is 0.875 bits per heavy atom. The van der Waals surface area contributed by atoms with E-state index in [4.69, 9.17) is 0 Å². The molecule has 0 bridgehead atoms. The molecule has 24 heavy (non-hydrogen) atoms. The first-order chi connectivity index (χ1) is 11.6. The van der Waals surface area contributed by atoms with Gasteiger partial charge in [0.05, 0.1) is 11.8 Å². The van der Waals surface area contributed by atoms with Crippen molar-refractivity contribution in [2.45, 2.75) is 46.6 Å². The average Bonchev–Trinajstić information content (AvgIpc) is 2.54. The number of rotatable bonds is 9. The van der Waals surface area contributed by atoms with Gasteiger partial charge in [-0.3, -0.25) is 0 Å². The zero-order valence-corrected chi connectivity index (χ0v) is 14.8. The lowest BCUT2D eigenvalue weighted by Crippen LogP contribution is -2.18. The molecule has 0 saturated carbocycles. The van der Waals surface area contributed by atoms with Crippen LogP contribution in [0.1, 0.15) is 39.8 Å². The summed E-state index contributed by atoms with van der Waals surface area (Å²) in [5.74, 6) is 1.74. The molecule has 0 saturated heterocycles. The maximum absolute atomic E-state index is 9.47. The molecule has 0 amide bonds. The highest BCUT2D eigenvalue weighted by molar-refractivity contribution is 5.88. The summed E-state index contributed by atoms with van der Waals surface area (Å²) in [4.78, 5) is 18.3. The fourth-order valence-electron chi connectivity index (χ4n) is 2.33. The summed E-state index contributed by atoms with van der Waals surface area (Å²) in [5, 5.41) is 18.9. The molecule has 4 N–H and O–H groups in total. The second-order valence-electron chi connectivity index (χ2n) is 5.63. The first kappa shape index (κ1) is 18.1. The highest BCUT2D eigenvalue weighted by Gasteiger charge is 2.15. The van der Waals surface area contributed by atoms with Crippen molar-refractivity contribution in [3.05, 3.63) is 5.69 Å². The first-order valence-electron chi connectivity index (χ1n) is 8.57. The standard InChI is InChI=1S/C16H27N7O/c1-5-8-11-12-13(22-15(20-11)18-7-3)14(17-6-2)23-16(21-12)19-9-10(4)24/h10,24H,5-9H2,1-4H3,(H,18,20,22)(H2,17,19,21,23)/t10-/m0/s1. The molecule has 1 atom stereocenters. The van der Waals surface area contributed by atoms with Crippen LogP contribution in [0.4, 0.5) is 17.7 Å². The van der Waals surface area contributed by atoms with Crippen LogP contribution in [0.2, 0.25) is 0 Å². The number of aromatic nitrogens is 4. The molecule has 0 spiro atoms. The molecule has 2 aromatic rings. The van der Waals surface area contributed by atoms with E-state index in [1.165, 1.54) is 0 Å². The second kappa shape index (κ2) is 8.58. The molecule has 0 aliphatic heterocycles. The minimum absolute atomic E-state index is 0.385. The molecule has 8 nitrogen and oxygen atoms in total. The summed E-state index contributed by atoms with van der Waals surface area (Å²) in [6.07, 6.45) is 1.30. The zero-order chi connectivity index (χ0) is 17.5. The van der Waals surface area contributed by atoms with Gasteiger partial charge in [-0.2, -0.15) is 4.98 Å². The van der Waals surface area contributed by atoms with Crippen LogP contribution >= 0.6 is 0 Å². The van der Waals surface area contributed by atoms with Crippen LogP contribution in [0.5, 0.6) is 0 Å². The zero-order valence-electron chi connectivity index (χ0n) is 14.8. The summed E-state index contributed by atoms with van der Waals surface area (Å²) in [7, 11) is 0. The molecule has 0 radical (unpaired) electrons. The number of hydrogen-bond acceptors (Lipinski definition) is 8. The Balaban J connectivity index is 2.57. The molecule has 0 fully saturated rings. The molecule has 0 aliphatic carbocycles. The van der Waals surface area contributed by atoms with E-state index in [1.54, 1.807) is 6.92 Å². The first-order valence-corrected chi connectivity index (χ1v) is 8.57. The molecular formula is C16H27N7O. The fraction of sp³-hybridized carbons (Fsp3) is 0.625. The Morgan fingerprint density at radius 3 is 2.17 bits per heavy atom. The smallest absolute Gasteiger partial charge is 0.225 e. The third-order valence-corrected chi connectivity index (χ3v) is 3.34. The molecule has 2 heterocycles. The van der Waals surface area contributed by atoms with E-state index in [0.29, 0.717) is 29.8 Å². The van der Waals surface area contributed by atoms with E-state index < -0.39 is 6.10 Å². The molecule has 132 valence electrons. The number of anilines is 3. The van der Waals surface area contributed by atoms with Crippen molar-refractivity contribution in [1.29, 1.82) is 0 Å². The SMILES string of the molecule is CCCc1nc(NCC)nc2c(NCC)nc(NC[C@H](C)O)nc12. The molecule has 0 unspecified atom stereocenters. The van der Waals surface area contributed by atoms with Crippen LogP contribution in [0.15, 0.2) is 0 Å². The summed E-state index contributed by atoms with van der Waals surface area (Å²) < 4.78 is 0. The van der Waals surface area contributed by atoms with E-state index in [0.717, 1.165) is 37.1 Å². The monoisotopic (exact) mass is 333 g/mol. The van der Waals surface area contributed by atoms with Gasteiger partial charge in [0, 0.05) is 19.6 Å². The molecule has 8 heteroatoms. The number of nitrogens with zero attached hydrogens (tertiary/aromatic N) is 4. The van der Waals surface area contributed by atoms with Gasteiger partial charge in [0.1, 0.15) is 11.0 Å². The maximum Gasteiger partial charge on any atom is 0.225 e. The van der Waals surface area contributed by atoms with Gasteiger partial charge < -0.3 is 21.1 Å². The van der Waals surface area contributed by atoms with Crippen LogP contribution in [-0.2, 0) is 6.42 Å². The molecule has 2 rings (SSSR count). The van der Waals surface area contributed by atoms with Crippen molar-refractivity contribution in [2.24, 2.45) is 0 Å². The highest BCUT2D eigenvalue weighted by Crippen LogP contribution is 2.24. The van der Waals surface area contributed by atoms with Gasteiger partial charge in [-0.15, -0.1) is 0 Å². The van der Waals surface area contributed by atoms with E-state index in [9.17, 15) is 5.11 Å². The van der Waals surface area contributed by atoms with Gasteiger partial charge in [-0.05, 0) is 27.2 Å². The largest absolute Gasteiger partial charge is 0.392 e. The van der Waals surface area contributed by atoms with E-state index in [1.807, 2.05) is 13.8 Å². The third-order valence-electron chi connectivity index (χ3n) is 3.34. The Kier molecular flexibility index (Phi) is 6.48. The van der Waals surface area contributed by atoms with Crippen molar-refractivity contribution in [1.82, 2.24) is 19.9 Å². The van der Waals surface area contributed by atoms with Gasteiger partial charge in [0.2, 0.25) is 11.9 Å². The fourth-order valence-corrected chi connectivity index (χ4v) is 2.33. The highest BCUT2D eigenvalue weighted by atomic mass is 16.3. The average molecular weight is 333 g/mol. The number of aliphatic hydroxyl groups excluding tert-OH is 1. The van der Waals surface area contributed by atoms with Crippen LogP contribution in [0.3, 0.4) is 0 Å². The van der Waals surface area contributed by atoms with Crippen molar-refractivity contribution in [2.75, 3.05) is 35.6 Å². The van der Waals surface area contributed by atoms with E-state index >= 15 is 0 Å².